The van der Waals surface area contributed by atoms with E-state index in [4.69, 9.17) is 16.3 Å². The van der Waals surface area contributed by atoms with Crippen LogP contribution in [0, 0.1) is 10.1 Å². The van der Waals surface area contributed by atoms with Gasteiger partial charge in [-0.1, -0.05) is 37.1 Å². The lowest BCUT2D eigenvalue weighted by atomic mass is 9.94. The first kappa shape index (κ1) is 25.7. The van der Waals surface area contributed by atoms with Crippen LogP contribution < -0.4 is 10.6 Å². The Morgan fingerprint density at radius 2 is 2.00 bits per heavy atom. The molecule has 1 heterocycles. The number of allylic oxidation sites excluding steroid dienone is 1. The van der Waals surface area contributed by atoms with Gasteiger partial charge in [0.2, 0.25) is 0 Å². The van der Waals surface area contributed by atoms with Crippen molar-refractivity contribution in [2.24, 2.45) is 0 Å². The highest BCUT2D eigenvalue weighted by Crippen LogP contribution is 2.33. The van der Waals surface area contributed by atoms with Crippen LogP contribution in [0.15, 0.2) is 53.7 Å². The maximum atomic E-state index is 12.8. The van der Waals surface area contributed by atoms with Crippen molar-refractivity contribution in [3.05, 3.63) is 80.0 Å². The van der Waals surface area contributed by atoms with E-state index < -0.39 is 22.8 Å². The van der Waals surface area contributed by atoms with Gasteiger partial charge in [0.1, 0.15) is 5.02 Å². The van der Waals surface area contributed by atoms with E-state index in [0.29, 0.717) is 29.1 Å². The molecule has 0 bridgehead atoms. The Morgan fingerprint density at radius 3 is 2.66 bits per heavy atom. The van der Waals surface area contributed by atoms with Crippen LogP contribution in [0.4, 0.5) is 16.2 Å². The molecule has 1 unspecified atom stereocenters. The molecule has 0 aromatic heterocycles. The minimum absolute atomic E-state index is 0.0510. The number of ether oxygens (including phenoxy) is 1. The van der Waals surface area contributed by atoms with Crippen LogP contribution in [0.2, 0.25) is 5.02 Å². The molecular weight excluding hydrogens is 476 g/mol. The number of hydrogen-bond donors (Lipinski definition) is 2. The molecule has 10 nitrogen and oxygen atoms in total. The average Bonchev–Trinajstić information content (AvgIpc) is 2.83. The number of hydrogen-bond acceptors (Lipinski definition) is 6. The Morgan fingerprint density at radius 1 is 1.26 bits per heavy atom. The van der Waals surface area contributed by atoms with Crippen molar-refractivity contribution in [1.29, 1.82) is 0 Å². The van der Waals surface area contributed by atoms with Gasteiger partial charge in [-0.05, 0) is 43.2 Å². The van der Waals surface area contributed by atoms with Crippen molar-refractivity contribution in [2.45, 2.75) is 32.7 Å². The predicted octanol–water partition coefficient (Wildman–Crippen LogP) is 4.81. The summed E-state index contributed by atoms with van der Waals surface area (Å²) in [5, 5.41) is 16.6. The SMILES string of the molecule is CCCCN1C(=O)NC(c2cccc(NC(=O)c3ccc(Cl)c([N+](=O)[O-])c3)c2)C(C(=O)OC)=C1C. The number of nitro groups is 1. The van der Waals surface area contributed by atoms with Gasteiger partial charge < -0.3 is 15.4 Å². The van der Waals surface area contributed by atoms with E-state index in [0.717, 1.165) is 18.9 Å². The number of carbonyl (C=O) groups is 3. The second-order valence-corrected chi connectivity index (χ2v) is 8.29. The monoisotopic (exact) mass is 500 g/mol. The zero-order valence-corrected chi connectivity index (χ0v) is 20.2. The number of nitro benzene ring substituents is 1. The molecule has 0 radical (unpaired) electrons. The molecule has 1 aliphatic heterocycles. The van der Waals surface area contributed by atoms with Crippen molar-refractivity contribution < 1.29 is 24.0 Å². The maximum Gasteiger partial charge on any atom is 0.337 e. The number of urea groups is 1. The summed E-state index contributed by atoms with van der Waals surface area (Å²) in [6.07, 6.45) is 1.65. The lowest BCUT2D eigenvalue weighted by Gasteiger charge is -2.35. The van der Waals surface area contributed by atoms with E-state index >= 15 is 0 Å². The number of benzene rings is 2. The summed E-state index contributed by atoms with van der Waals surface area (Å²) in [6, 6.07) is 9.24. The quantitative estimate of drug-likeness (QED) is 0.303. The highest BCUT2D eigenvalue weighted by Gasteiger charge is 2.36. The number of nitrogens with one attached hydrogen (secondary N) is 2. The van der Waals surface area contributed by atoms with Crippen LogP contribution in [-0.2, 0) is 9.53 Å². The normalized spacial score (nSPS) is 15.5. The molecule has 184 valence electrons. The number of unbranched alkanes of at least 4 members (excludes halogenated alkanes) is 1. The van der Waals surface area contributed by atoms with Crippen molar-refractivity contribution in [2.75, 3.05) is 19.0 Å². The highest BCUT2D eigenvalue weighted by molar-refractivity contribution is 6.32. The van der Waals surface area contributed by atoms with Gasteiger partial charge in [-0.3, -0.25) is 19.8 Å². The molecule has 0 saturated heterocycles. The summed E-state index contributed by atoms with van der Waals surface area (Å²) in [4.78, 5) is 50.2. The summed E-state index contributed by atoms with van der Waals surface area (Å²) < 4.78 is 4.98. The lowest BCUT2D eigenvalue weighted by Crippen LogP contribution is -2.48. The molecule has 3 rings (SSSR count). The second-order valence-electron chi connectivity index (χ2n) is 7.88. The molecule has 2 aromatic rings. The molecule has 2 N–H and O–H groups in total. The van der Waals surface area contributed by atoms with E-state index in [-0.39, 0.29) is 22.3 Å². The maximum absolute atomic E-state index is 12.8. The number of rotatable bonds is 8. The third kappa shape index (κ3) is 5.60. The van der Waals surface area contributed by atoms with Gasteiger partial charge in [0.05, 0.1) is 23.6 Å². The minimum Gasteiger partial charge on any atom is -0.466 e. The molecule has 3 amide bonds. The molecule has 2 aromatic carbocycles. The van der Waals surface area contributed by atoms with E-state index in [1.807, 2.05) is 6.92 Å². The minimum atomic E-state index is -0.790. The molecular formula is C24H25ClN4O6. The average molecular weight is 501 g/mol. The van der Waals surface area contributed by atoms with Crippen LogP contribution in [0.3, 0.4) is 0 Å². The predicted molar refractivity (Wildman–Crippen MR) is 130 cm³/mol. The fourth-order valence-electron chi connectivity index (χ4n) is 3.78. The first-order valence-electron chi connectivity index (χ1n) is 10.9. The molecule has 1 aliphatic rings. The summed E-state index contributed by atoms with van der Waals surface area (Å²) in [6.45, 7) is 4.17. The number of methoxy groups -OCH3 is 1. The van der Waals surface area contributed by atoms with Gasteiger partial charge in [0.25, 0.3) is 11.6 Å². The first-order valence-corrected chi connectivity index (χ1v) is 11.3. The Hall–Kier alpha value is -3.92. The van der Waals surface area contributed by atoms with Gasteiger partial charge in [0, 0.05) is 29.6 Å². The van der Waals surface area contributed by atoms with Gasteiger partial charge in [-0.25, -0.2) is 9.59 Å². The van der Waals surface area contributed by atoms with Gasteiger partial charge in [0.15, 0.2) is 0 Å². The number of anilines is 1. The molecule has 0 saturated carbocycles. The zero-order valence-electron chi connectivity index (χ0n) is 19.5. The fraction of sp³-hybridized carbons (Fsp3) is 0.292. The van der Waals surface area contributed by atoms with Crippen LogP contribution >= 0.6 is 11.6 Å². The van der Waals surface area contributed by atoms with Gasteiger partial charge >= 0.3 is 12.0 Å². The van der Waals surface area contributed by atoms with Crippen molar-refractivity contribution >= 4 is 40.9 Å². The zero-order chi connectivity index (χ0) is 25.7. The second kappa shape index (κ2) is 11.0. The molecule has 1 atom stereocenters. The molecule has 35 heavy (non-hydrogen) atoms. The smallest absolute Gasteiger partial charge is 0.337 e. The molecule has 0 fully saturated rings. The van der Waals surface area contributed by atoms with Gasteiger partial charge in [-0.15, -0.1) is 0 Å². The Balaban J connectivity index is 1.92. The molecule has 0 spiro atoms. The van der Waals surface area contributed by atoms with Crippen molar-refractivity contribution in [1.82, 2.24) is 10.2 Å². The molecule has 0 aliphatic carbocycles. The summed E-state index contributed by atoms with van der Waals surface area (Å²) in [5.74, 6) is -1.16. The standard InChI is InChI=1S/C24H25ClN4O6/c1-4-5-11-28-14(2)20(23(31)35-3)21(27-24(28)32)15-7-6-8-17(12-15)26-22(30)16-9-10-18(25)19(13-16)29(33)34/h6-10,12-13,21H,4-5,11H2,1-3H3,(H,26,30)(H,27,32). The number of nitrogens with zero attached hydrogens (tertiary/aromatic N) is 2. The number of halogens is 1. The van der Waals surface area contributed by atoms with E-state index in [1.165, 1.54) is 24.1 Å². The third-order valence-corrected chi connectivity index (χ3v) is 5.94. The van der Waals surface area contributed by atoms with Crippen LogP contribution in [0.5, 0.6) is 0 Å². The van der Waals surface area contributed by atoms with E-state index in [2.05, 4.69) is 10.6 Å². The largest absolute Gasteiger partial charge is 0.466 e. The number of amides is 3. The van der Waals surface area contributed by atoms with Crippen molar-refractivity contribution in [3.8, 4) is 0 Å². The van der Waals surface area contributed by atoms with Crippen molar-refractivity contribution in [3.63, 3.8) is 0 Å². The Kier molecular flexibility index (Phi) is 8.08. The summed E-state index contributed by atoms with van der Waals surface area (Å²) in [5.41, 5.74) is 1.38. The van der Waals surface area contributed by atoms with Crippen LogP contribution in [0.1, 0.15) is 48.7 Å². The number of esters is 1. The third-order valence-electron chi connectivity index (χ3n) is 5.62. The Bertz CT molecular complexity index is 1210. The van der Waals surface area contributed by atoms with E-state index in [1.54, 1.807) is 31.2 Å². The highest BCUT2D eigenvalue weighted by atomic mass is 35.5. The van der Waals surface area contributed by atoms with E-state index in [9.17, 15) is 24.5 Å². The summed E-state index contributed by atoms with van der Waals surface area (Å²) in [7, 11) is 1.27. The summed E-state index contributed by atoms with van der Waals surface area (Å²) >= 11 is 5.82. The van der Waals surface area contributed by atoms with Crippen LogP contribution in [0.25, 0.3) is 0 Å². The fourth-order valence-corrected chi connectivity index (χ4v) is 3.97. The Labute approximate surface area is 207 Å². The van der Waals surface area contributed by atoms with Gasteiger partial charge in [-0.2, -0.15) is 0 Å². The number of carbonyl (C=O) groups excluding carboxylic acids is 3. The topological polar surface area (TPSA) is 131 Å². The first-order chi connectivity index (χ1) is 16.7. The van der Waals surface area contributed by atoms with Crippen LogP contribution in [-0.4, -0.2) is 41.4 Å². The lowest BCUT2D eigenvalue weighted by molar-refractivity contribution is -0.384. The molecule has 11 heteroatoms.